The second-order valence-electron chi connectivity index (χ2n) is 5.07. The second kappa shape index (κ2) is 8.82. The fraction of sp³-hybridized carbons (Fsp3) is 0.278. The van der Waals surface area contributed by atoms with Gasteiger partial charge in [0.25, 0.3) is 0 Å². The smallest absolute Gasteiger partial charge is 0.305 e. The van der Waals surface area contributed by atoms with Gasteiger partial charge in [-0.05, 0) is 11.1 Å². The van der Waals surface area contributed by atoms with Crippen LogP contribution < -0.4 is 0 Å². The van der Waals surface area contributed by atoms with Gasteiger partial charge in [-0.25, -0.2) is 0 Å². The maximum Gasteiger partial charge on any atom is 0.305 e. The highest BCUT2D eigenvalue weighted by molar-refractivity contribution is 9.09. The molecule has 0 amide bonds. The average molecular weight is 379 g/mol. The zero-order chi connectivity index (χ0) is 16.7. The molecule has 0 heterocycles. The first-order valence-corrected chi connectivity index (χ1v) is 8.39. The number of ether oxygens (including phenoxy) is 2. The van der Waals surface area contributed by atoms with E-state index in [1.807, 2.05) is 30.3 Å². The minimum Gasteiger partial charge on any atom is -0.431 e. The zero-order valence-corrected chi connectivity index (χ0v) is 14.4. The number of halogens is 1. The molecule has 0 aliphatic carbocycles. The van der Waals surface area contributed by atoms with E-state index in [-0.39, 0.29) is 0 Å². The summed E-state index contributed by atoms with van der Waals surface area (Å²) in [6.07, 6.45) is -1.34. The number of benzene rings is 2. The van der Waals surface area contributed by atoms with Crippen LogP contribution in [-0.4, -0.2) is 16.4 Å². The maximum absolute atomic E-state index is 11.3. The molecule has 1 N–H and O–H groups in total. The summed E-state index contributed by atoms with van der Waals surface area (Å²) in [5.41, 5.74) is 2.51. The van der Waals surface area contributed by atoms with E-state index in [2.05, 4.69) is 15.9 Å². The monoisotopic (exact) mass is 378 g/mol. The van der Waals surface area contributed by atoms with Crippen molar-refractivity contribution in [3.8, 4) is 0 Å². The van der Waals surface area contributed by atoms with Crippen molar-refractivity contribution in [1.29, 1.82) is 0 Å². The van der Waals surface area contributed by atoms with E-state index < -0.39 is 18.4 Å². The number of carbonyl (C=O) groups is 1. The van der Waals surface area contributed by atoms with Crippen molar-refractivity contribution in [3.63, 3.8) is 0 Å². The van der Waals surface area contributed by atoms with Crippen molar-refractivity contribution in [3.05, 3.63) is 71.3 Å². The van der Waals surface area contributed by atoms with Gasteiger partial charge in [-0.2, -0.15) is 0 Å². The fourth-order valence-corrected chi connectivity index (χ4v) is 2.43. The van der Waals surface area contributed by atoms with Crippen molar-refractivity contribution in [1.82, 2.24) is 0 Å². The summed E-state index contributed by atoms with van der Waals surface area (Å²) < 4.78 is 11.0. The fourth-order valence-electron chi connectivity index (χ4n) is 2.06. The van der Waals surface area contributed by atoms with Crippen molar-refractivity contribution in [2.75, 3.05) is 5.33 Å². The summed E-state index contributed by atoms with van der Waals surface area (Å²) >= 11 is 3.24. The van der Waals surface area contributed by atoms with Crippen LogP contribution in [0.25, 0.3) is 0 Å². The van der Waals surface area contributed by atoms with Crippen LogP contribution >= 0.6 is 15.9 Å². The molecule has 0 saturated heterocycles. The van der Waals surface area contributed by atoms with Crippen LogP contribution in [-0.2, 0) is 20.9 Å². The number of aliphatic hydroxyl groups excluding tert-OH is 1. The lowest BCUT2D eigenvalue weighted by Gasteiger charge is -2.19. The number of alkyl halides is 1. The first-order valence-electron chi connectivity index (χ1n) is 7.26. The standard InChI is InChI=1S/C18H19BrO4/c1-13(20)23-18(22-12-14-5-3-2-4-6-14)16-9-7-15(8-10-16)17(21)11-19/h2-10,17-18,21H,11-12H2,1H3/t17-,18+/m0/s1. The molecule has 122 valence electrons. The number of carbonyl (C=O) groups excluding carboxylic acids is 1. The molecular weight excluding hydrogens is 360 g/mol. The molecule has 0 bridgehead atoms. The minimum atomic E-state index is -0.775. The molecule has 0 aliphatic heterocycles. The summed E-state index contributed by atoms with van der Waals surface area (Å²) in [5.74, 6) is -0.410. The number of rotatable bonds is 7. The van der Waals surface area contributed by atoms with Gasteiger partial charge in [-0.15, -0.1) is 0 Å². The Labute approximate surface area is 144 Å². The quantitative estimate of drug-likeness (QED) is 0.451. The van der Waals surface area contributed by atoms with E-state index >= 15 is 0 Å². The van der Waals surface area contributed by atoms with E-state index in [4.69, 9.17) is 9.47 Å². The topological polar surface area (TPSA) is 55.8 Å². The normalized spacial score (nSPS) is 13.3. The van der Waals surface area contributed by atoms with Crippen LogP contribution in [0, 0.1) is 0 Å². The highest BCUT2D eigenvalue weighted by Gasteiger charge is 2.16. The Hall–Kier alpha value is -1.69. The third-order valence-corrected chi connectivity index (χ3v) is 3.87. The second-order valence-corrected chi connectivity index (χ2v) is 5.72. The van der Waals surface area contributed by atoms with Crippen LogP contribution in [0.1, 0.15) is 36.0 Å². The average Bonchev–Trinajstić information content (AvgIpc) is 2.58. The van der Waals surface area contributed by atoms with E-state index in [0.29, 0.717) is 11.9 Å². The molecule has 23 heavy (non-hydrogen) atoms. The van der Waals surface area contributed by atoms with Crippen molar-refractivity contribution in [2.24, 2.45) is 0 Å². The van der Waals surface area contributed by atoms with Crippen molar-refractivity contribution < 1.29 is 19.4 Å². The number of esters is 1. The summed E-state index contributed by atoms with van der Waals surface area (Å²) in [6, 6.07) is 16.8. The molecule has 0 radical (unpaired) electrons. The highest BCUT2D eigenvalue weighted by Crippen LogP contribution is 2.24. The lowest BCUT2D eigenvalue weighted by Crippen LogP contribution is -2.12. The van der Waals surface area contributed by atoms with E-state index in [1.54, 1.807) is 24.3 Å². The van der Waals surface area contributed by atoms with Gasteiger partial charge in [0, 0.05) is 17.8 Å². The largest absolute Gasteiger partial charge is 0.431 e. The molecule has 4 nitrogen and oxygen atoms in total. The van der Waals surface area contributed by atoms with E-state index in [1.165, 1.54) is 6.92 Å². The Morgan fingerprint density at radius 2 is 1.70 bits per heavy atom. The molecule has 0 saturated carbocycles. The molecule has 0 spiro atoms. The van der Waals surface area contributed by atoms with Gasteiger partial charge in [-0.1, -0.05) is 70.5 Å². The summed E-state index contributed by atoms with van der Waals surface area (Å²) in [6.45, 7) is 1.69. The molecule has 0 aromatic heterocycles. The zero-order valence-electron chi connectivity index (χ0n) is 12.8. The number of aliphatic hydroxyl groups is 1. The van der Waals surface area contributed by atoms with Gasteiger partial charge in [0.05, 0.1) is 12.7 Å². The van der Waals surface area contributed by atoms with Crippen LogP contribution in [0.4, 0.5) is 0 Å². The van der Waals surface area contributed by atoms with Gasteiger partial charge in [0.1, 0.15) is 0 Å². The SMILES string of the molecule is CC(=O)O[C@@H](OCc1ccccc1)c1ccc([C@@H](O)CBr)cc1. The predicted octanol–water partition coefficient (Wildman–Crippen LogP) is 3.89. The van der Waals surface area contributed by atoms with Gasteiger partial charge >= 0.3 is 5.97 Å². The first-order chi connectivity index (χ1) is 11.1. The van der Waals surface area contributed by atoms with Gasteiger partial charge in [0.2, 0.25) is 6.29 Å². The number of hydrogen-bond acceptors (Lipinski definition) is 4. The molecule has 0 fully saturated rings. The molecule has 2 rings (SSSR count). The lowest BCUT2D eigenvalue weighted by atomic mass is 10.1. The Kier molecular flexibility index (Phi) is 6.77. The lowest BCUT2D eigenvalue weighted by molar-refractivity contribution is -0.181. The van der Waals surface area contributed by atoms with Gasteiger partial charge in [-0.3, -0.25) is 4.79 Å². The van der Waals surface area contributed by atoms with Crippen LogP contribution in [0.3, 0.4) is 0 Å². The molecule has 0 unspecified atom stereocenters. The van der Waals surface area contributed by atoms with Gasteiger partial charge in [0.15, 0.2) is 0 Å². The third-order valence-electron chi connectivity index (χ3n) is 3.26. The first kappa shape index (κ1) is 17.7. The van der Waals surface area contributed by atoms with Crippen molar-refractivity contribution in [2.45, 2.75) is 25.9 Å². The Morgan fingerprint density at radius 1 is 1.09 bits per heavy atom. The molecule has 2 atom stereocenters. The van der Waals surface area contributed by atoms with E-state index in [0.717, 1.165) is 16.7 Å². The Bertz CT molecular complexity index is 613. The molecule has 2 aromatic rings. The van der Waals surface area contributed by atoms with Crippen molar-refractivity contribution >= 4 is 21.9 Å². The molecule has 5 heteroatoms. The maximum atomic E-state index is 11.3. The third kappa shape index (κ3) is 5.46. The van der Waals surface area contributed by atoms with Crippen LogP contribution in [0.5, 0.6) is 0 Å². The predicted molar refractivity (Wildman–Crippen MR) is 90.9 cm³/mol. The van der Waals surface area contributed by atoms with Gasteiger partial charge < -0.3 is 14.6 Å². The number of hydrogen-bond donors (Lipinski definition) is 1. The summed E-state index contributed by atoms with van der Waals surface area (Å²) in [5, 5.41) is 10.3. The molecule has 2 aromatic carbocycles. The summed E-state index contributed by atoms with van der Waals surface area (Å²) in [7, 11) is 0. The Balaban J connectivity index is 2.09. The van der Waals surface area contributed by atoms with Crippen LogP contribution in [0.2, 0.25) is 0 Å². The highest BCUT2D eigenvalue weighted by atomic mass is 79.9. The van der Waals surface area contributed by atoms with E-state index in [9.17, 15) is 9.90 Å². The molecule has 0 aliphatic rings. The Morgan fingerprint density at radius 3 is 2.26 bits per heavy atom. The minimum absolute atomic E-state index is 0.338. The van der Waals surface area contributed by atoms with Crippen LogP contribution in [0.15, 0.2) is 54.6 Å². The molecular formula is C18H19BrO4. The summed E-state index contributed by atoms with van der Waals surface area (Å²) in [4.78, 5) is 11.3.